The molecule has 0 aromatic heterocycles. The van der Waals surface area contributed by atoms with Crippen LogP contribution in [-0.4, -0.2) is 57.0 Å². The number of anilines is 1. The molecular weight excluding hydrogens is 497 g/mol. The van der Waals surface area contributed by atoms with Crippen molar-refractivity contribution < 1.29 is 35.0 Å². The second-order valence-corrected chi connectivity index (χ2v) is 10.9. The lowest BCUT2D eigenvalue weighted by Crippen LogP contribution is -2.39. The van der Waals surface area contributed by atoms with E-state index in [1.807, 2.05) is 45.9 Å². The molecule has 0 bridgehead atoms. The Kier molecular flexibility index (Phi) is 8.47. The Labute approximate surface area is 229 Å². The van der Waals surface area contributed by atoms with Gasteiger partial charge in [-0.3, -0.25) is 14.5 Å². The van der Waals surface area contributed by atoms with E-state index < -0.39 is 36.9 Å². The highest BCUT2D eigenvalue weighted by Crippen LogP contribution is 2.47. The van der Waals surface area contributed by atoms with E-state index in [1.54, 1.807) is 12.1 Å². The molecule has 4 atom stereocenters. The number of hydrogen-bond acceptors (Lipinski definition) is 7. The van der Waals surface area contributed by atoms with Crippen LogP contribution >= 0.6 is 0 Å². The number of carbonyl (C=O) groups excluding carboxylic acids is 2. The number of imide groups is 1. The molecular formula is C30H36BNO7. The third-order valence-electron chi connectivity index (χ3n) is 8.05. The average molecular weight is 533 g/mol. The van der Waals surface area contributed by atoms with Crippen molar-refractivity contribution in [2.75, 3.05) is 11.5 Å². The number of nitrogens with zero attached hydrogens (tertiary/aromatic N) is 1. The van der Waals surface area contributed by atoms with E-state index in [-0.39, 0.29) is 29.4 Å². The molecule has 0 spiro atoms. The molecule has 2 amide bonds. The van der Waals surface area contributed by atoms with Crippen LogP contribution in [-0.2, 0) is 9.59 Å². The van der Waals surface area contributed by atoms with Gasteiger partial charge in [0.25, 0.3) is 0 Å². The maximum absolute atomic E-state index is 13.6. The molecule has 1 aliphatic heterocycles. The summed E-state index contributed by atoms with van der Waals surface area (Å²) in [4.78, 5) is 28.0. The fourth-order valence-corrected chi connectivity index (χ4v) is 6.15. The highest BCUT2D eigenvalue weighted by molar-refractivity contribution is 6.58. The summed E-state index contributed by atoms with van der Waals surface area (Å²) in [5.74, 6) is -2.72. The number of phenolic OH excluding ortho intramolecular Hbond substituents is 1. The van der Waals surface area contributed by atoms with Gasteiger partial charge in [-0.25, -0.2) is 0 Å². The quantitative estimate of drug-likeness (QED) is 0.200. The fourth-order valence-electron chi connectivity index (χ4n) is 6.15. The number of carbonyl (C=O) groups is 2. The van der Waals surface area contributed by atoms with Crippen molar-refractivity contribution in [3.05, 3.63) is 69.8 Å². The van der Waals surface area contributed by atoms with Gasteiger partial charge in [-0.15, -0.1) is 0 Å². The van der Waals surface area contributed by atoms with Gasteiger partial charge in [0.05, 0.1) is 30.2 Å². The fraction of sp³-hybridized carbons (Fsp3) is 0.400. The molecule has 4 rings (SSSR count). The lowest BCUT2D eigenvalue weighted by molar-refractivity contribution is -0.123. The van der Waals surface area contributed by atoms with Crippen molar-refractivity contribution in [1.29, 1.82) is 0 Å². The lowest BCUT2D eigenvalue weighted by Gasteiger charge is -2.35. The van der Waals surface area contributed by atoms with Gasteiger partial charge in [-0.05, 0) is 98.9 Å². The minimum Gasteiger partial charge on any atom is -0.507 e. The Morgan fingerprint density at radius 2 is 1.77 bits per heavy atom. The number of benzene rings is 2. The van der Waals surface area contributed by atoms with E-state index in [1.165, 1.54) is 12.1 Å². The Bertz CT molecular complexity index is 1330. The largest absolute Gasteiger partial charge is 0.507 e. The van der Waals surface area contributed by atoms with E-state index in [0.717, 1.165) is 32.7 Å². The van der Waals surface area contributed by atoms with Crippen molar-refractivity contribution in [3.8, 4) is 5.75 Å². The number of fused-ring (bicyclic) bond motifs is 1. The van der Waals surface area contributed by atoms with Crippen LogP contribution in [0, 0.1) is 31.6 Å². The first-order chi connectivity index (χ1) is 18.4. The number of aliphatic hydroxyl groups is 2. The average Bonchev–Trinajstić information content (AvgIpc) is 3.14. The molecule has 1 heterocycles. The van der Waals surface area contributed by atoms with E-state index in [9.17, 15) is 35.0 Å². The van der Waals surface area contributed by atoms with Crippen LogP contribution in [0.4, 0.5) is 5.69 Å². The Morgan fingerprint density at radius 1 is 1.10 bits per heavy atom. The zero-order chi connectivity index (χ0) is 28.6. The molecule has 9 heteroatoms. The van der Waals surface area contributed by atoms with E-state index in [4.69, 9.17) is 0 Å². The maximum Gasteiger partial charge on any atom is 0.488 e. The standard InChI is InChI=1S/C30H36BNO7/c1-16(10-20-11-18(3)28(35)19(4)12-20)8-9-25(34)26-17(2)13-23-27(24(26)15-33)30(37)32(29(23)36)22-7-5-6-21(14-22)31(38)39/h5-7,10-12,14,23-25,27,33-35,38-39H,8-9,13,15H2,1-4H3/b16-10+/t23-,24+,25-,27-/m1/s1. The summed E-state index contributed by atoms with van der Waals surface area (Å²) in [5.41, 5.74) is 5.42. The van der Waals surface area contributed by atoms with Gasteiger partial charge in [-0.1, -0.05) is 29.4 Å². The van der Waals surface area contributed by atoms with E-state index in [2.05, 4.69) is 0 Å². The zero-order valence-electron chi connectivity index (χ0n) is 22.8. The van der Waals surface area contributed by atoms with Crippen LogP contribution < -0.4 is 10.4 Å². The third-order valence-corrected chi connectivity index (χ3v) is 8.05. The molecule has 2 aromatic rings. The molecule has 0 saturated carbocycles. The summed E-state index contributed by atoms with van der Waals surface area (Å²) in [6.07, 6.45) is 2.40. The van der Waals surface area contributed by atoms with Gasteiger partial charge < -0.3 is 25.4 Å². The van der Waals surface area contributed by atoms with Crippen LogP contribution in [0.25, 0.3) is 6.08 Å². The number of aromatic hydroxyl groups is 1. The topological polar surface area (TPSA) is 139 Å². The summed E-state index contributed by atoms with van der Waals surface area (Å²) >= 11 is 0. The first-order valence-corrected chi connectivity index (χ1v) is 13.2. The summed E-state index contributed by atoms with van der Waals surface area (Å²) in [7, 11) is -1.74. The van der Waals surface area contributed by atoms with Gasteiger partial charge in [0.15, 0.2) is 0 Å². The second-order valence-electron chi connectivity index (χ2n) is 10.9. The SMILES string of the molecule is CC1=C([C@H](O)CC/C(C)=C/c2cc(C)c(O)c(C)c2)[C@H](CO)[C@@H]2C(=O)N(c3cccc(B(O)O)c3)C(=O)[C@@H]2C1. The number of rotatable bonds is 8. The molecule has 2 aromatic carbocycles. The molecule has 2 aliphatic rings. The molecule has 5 N–H and O–H groups in total. The number of aryl methyl sites for hydroxylation is 2. The third kappa shape index (κ3) is 5.58. The molecule has 1 fully saturated rings. The Morgan fingerprint density at radius 3 is 2.38 bits per heavy atom. The van der Waals surface area contributed by atoms with Gasteiger partial charge in [0.1, 0.15) is 5.75 Å². The number of aliphatic hydroxyl groups excluding tert-OH is 2. The molecule has 39 heavy (non-hydrogen) atoms. The van der Waals surface area contributed by atoms with Crippen molar-refractivity contribution in [2.24, 2.45) is 17.8 Å². The van der Waals surface area contributed by atoms with Crippen LogP contribution in [0.15, 0.2) is 53.1 Å². The van der Waals surface area contributed by atoms with Gasteiger partial charge >= 0.3 is 7.12 Å². The van der Waals surface area contributed by atoms with Crippen molar-refractivity contribution in [2.45, 2.75) is 53.1 Å². The normalized spacial score (nSPS) is 22.4. The molecule has 8 nitrogen and oxygen atoms in total. The van der Waals surface area contributed by atoms with E-state index >= 15 is 0 Å². The van der Waals surface area contributed by atoms with Gasteiger partial charge in [0, 0.05) is 5.92 Å². The van der Waals surface area contributed by atoms with Crippen LogP contribution in [0.2, 0.25) is 0 Å². The van der Waals surface area contributed by atoms with Gasteiger partial charge in [-0.2, -0.15) is 0 Å². The molecule has 0 unspecified atom stereocenters. The van der Waals surface area contributed by atoms with Crippen LogP contribution in [0.3, 0.4) is 0 Å². The minimum atomic E-state index is -1.74. The van der Waals surface area contributed by atoms with Gasteiger partial charge in [0.2, 0.25) is 11.8 Å². The first-order valence-electron chi connectivity index (χ1n) is 13.2. The van der Waals surface area contributed by atoms with Crippen molar-refractivity contribution in [1.82, 2.24) is 0 Å². The molecule has 206 valence electrons. The first kappa shape index (κ1) is 28.8. The monoisotopic (exact) mass is 533 g/mol. The number of allylic oxidation sites excluding steroid dienone is 2. The smallest absolute Gasteiger partial charge is 0.488 e. The van der Waals surface area contributed by atoms with Crippen LogP contribution in [0.5, 0.6) is 5.75 Å². The summed E-state index contributed by atoms with van der Waals surface area (Å²) in [6.45, 7) is 7.13. The Hall–Kier alpha value is -3.24. The van der Waals surface area contributed by atoms with Crippen molar-refractivity contribution in [3.63, 3.8) is 0 Å². The number of amides is 2. The molecule has 1 saturated heterocycles. The maximum atomic E-state index is 13.6. The van der Waals surface area contributed by atoms with Crippen molar-refractivity contribution >= 4 is 36.2 Å². The highest BCUT2D eigenvalue weighted by atomic mass is 16.4. The summed E-state index contributed by atoms with van der Waals surface area (Å²) < 4.78 is 0. The summed E-state index contributed by atoms with van der Waals surface area (Å²) in [5, 5.41) is 50.7. The second kappa shape index (κ2) is 11.5. The predicted molar refractivity (Wildman–Crippen MR) is 150 cm³/mol. The lowest BCUT2D eigenvalue weighted by atomic mass is 9.68. The highest BCUT2D eigenvalue weighted by Gasteiger charge is 2.54. The number of phenols is 1. The Balaban J connectivity index is 1.54. The molecule has 1 aliphatic carbocycles. The zero-order valence-corrected chi connectivity index (χ0v) is 22.8. The number of hydrogen-bond donors (Lipinski definition) is 5. The summed E-state index contributed by atoms with van der Waals surface area (Å²) in [6, 6.07) is 9.81. The minimum absolute atomic E-state index is 0.160. The molecule has 0 radical (unpaired) electrons. The predicted octanol–water partition coefficient (Wildman–Crippen LogP) is 2.37. The van der Waals surface area contributed by atoms with Crippen LogP contribution in [0.1, 0.15) is 49.8 Å². The van der Waals surface area contributed by atoms with E-state index in [0.29, 0.717) is 24.8 Å².